The minimum absolute atomic E-state index is 0.0306. The van der Waals surface area contributed by atoms with Crippen molar-refractivity contribution >= 4 is 46.5 Å². The van der Waals surface area contributed by atoms with Crippen molar-refractivity contribution < 1.29 is 14.4 Å². The Hall–Kier alpha value is -2.37. The van der Waals surface area contributed by atoms with Gasteiger partial charge < -0.3 is 10.2 Å². The first-order valence-corrected chi connectivity index (χ1v) is 9.53. The normalized spacial score (nSPS) is 10.5. The van der Waals surface area contributed by atoms with Gasteiger partial charge in [-0.15, -0.1) is 0 Å². The number of halogens is 2. The van der Waals surface area contributed by atoms with Crippen LogP contribution in [0.2, 0.25) is 10.0 Å². The van der Waals surface area contributed by atoms with Crippen molar-refractivity contribution in [2.75, 3.05) is 18.9 Å². The number of ketones is 1. The molecule has 1 N–H and O–H groups in total. The van der Waals surface area contributed by atoms with E-state index in [0.29, 0.717) is 21.3 Å². The van der Waals surface area contributed by atoms with Gasteiger partial charge >= 0.3 is 0 Å². The number of benzene rings is 2. The molecule has 0 atom stereocenters. The number of anilines is 1. The van der Waals surface area contributed by atoms with Gasteiger partial charge in [0.25, 0.3) is 0 Å². The van der Waals surface area contributed by atoms with Gasteiger partial charge in [-0.25, -0.2) is 0 Å². The number of Topliss-reactive ketones (excluding diaryl/α,β-unsaturated/α-hetero) is 1. The molecule has 0 unspecified atom stereocenters. The second-order valence-corrected chi connectivity index (χ2v) is 7.45. The highest BCUT2D eigenvalue weighted by Gasteiger charge is 2.17. The Kier molecular flexibility index (Phi) is 7.61. The molecule has 0 saturated heterocycles. The molecule has 0 radical (unpaired) electrons. The van der Waals surface area contributed by atoms with Gasteiger partial charge in [0.1, 0.15) is 0 Å². The first kappa shape index (κ1) is 21.9. The van der Waals surface area contributed by atoms with Crippen molar-refractivity contribution in [1.82, 2.24) is 4.90 Å². The summed E-state index contributed by atoms with van der Waals surface area (Å²) < 4.78 is 0. The highest BCUT2D eigenvalue weighted by molar-refractivity contribution is 6.39. The third-order valence-corrected chi connectivity index (χ3v) is 4.92. The Morgan fingerprint density at radius 3 is 2.29 bits per heavy atom. The molecule has 0 fully saturated rings. The van der Waals surface area contributed by atoms with E-state index in [9.17, 15) is 14.4 Å². The van der Waals surface area contributed by atoms with E-state index >= 15 is 0 Å². The summed E-state index contributed by atoms with van der Waals surface area (Å²) >= 11 is 12.0. The Labute approximate surface area is 174 Å². The predicted molar refractivity (Wildman–Crippen MR) is 112 cm³/mol. The first-order valence-electron chi connectivity index (χ1n) is 8.77. The van der Waals surface area contributed by atoms with Crippen LogP contribution in [0.25, 0.3) is 0 Å². The quantitative estimate of drug-likeness (QED) is 0.661. The summed E-state index contributed by atoms with van der Waals surface area (Å²) in [6.07, 6.45) is 0.119. The molecule has 0 aromatic heterocycles. The molecule has 2 aromatic rings. The topological polar surface area (TPSA) is 66.5 Å². The molecule has 0 spiro atoms. The fourth-order valence-electron chi connectivity index (χ4n) is 2.68. The number of para-hydroxylation sites is 1. The minimum Gasteiger partial charge on any atom is -0.336 e. The molecule has 2 aromatic carbocycles. The van der Waals surface area contributed by atoms with Crippen LogP contribution in [0.5, 0.6) is 0 Å². The summed E-state index contributed by atoms with van der Waals surface area (Å²) in [4.78, 5) is 38.2. The van der Waals surface area contributed by atoms with E-state index < -0.39 is 5.91 Å². The average Bonchev–Trinajstić information content (AvgIpc) is 2.64. The Morgan fingerprint density at radius 2 is 1.64 bits per heavy atom. The molecule has 0 bridgehead atoms. The zero-order chi connectivity index (χ0) is 20.8. The second-order valence-electron chi connectivity index (χ2n) is 6.64. The lowest BCUT2D eigenvalue weighted by molar-refractivity contribution is -0.133. The van der Waals surface area contributed by atoms with Crippen LogP contribution in [0, 0.1) is 13.8 Å². The fourth-order valence-corrected chi connectivity index (χ4v) is 3.17. The van der Waals surface area contributed by atoms with E-state index in [4.69, 9.17) is 23.2 Å². The van der Waals surface area contributed by atoms with Crippen molar-refractivity contribution in [3.63, 3.8) is 0 Å². The summed E-state index contributed by atoms with van der Waals surface area (Å²) in [5, 5.41) is 3.23. The Morgan fingerprint density at radius 1 is 1.00 bits per heavy atom. The molecule has 0 aliphatic rings. The molecule has 7 heteroatoms. The van der Waals surface area contributed by atoms with Gasteiger partial charge in [0, 0.05) is 25.5 Å². The molecule has 0 heterocycles. The van der Waals surface area contributed by atoms with Crippen LogP contribution in [0.15, 0.2) is 36.4 Å². The lowest BCUT2D eigenvalue weighted by Crippen LogP contribution is -2.35. The van der Waals surface area contributed by atoms with Crippen LogP contribution in [0.4, 0.5) is 5.69 Å². The van der Waals surface area contributed by atoms with E-state index in [2.05, 4.69) is 5.32 Å². The van der Waals surface area contributed by atoms with Crippen LogP contribution < -0.4 is 5.32 Å². The molecule has 2 amide bonds. The molecular formula is C21H22Cl2N2O3. The molecule has 0 aliphatic carbocycles. The van der Waals surface area contributed by atoms with Crippen LogP contribution in [-0.2, 0) is 9.59 Å². The van der Waals surface area contributed by atoms with Gasteiger partial charge in [0.15, 0.2) is 5.78 Å². The second kappa shape index (κ2) is 9.71. The summed E-state index contributed by atoms with van der Waals surface area (Å²) in [6, 6.07) is 10.5. The van der Waals surface area contributed by atoms with Crippen molar-refractivity contribution in [3.8, 4) is 0 Å². The lowest BCUT2D eigenvalue weighted by Gasteiger charge is -2.17. The van der Waals surface area contributed by atoms with Crippen molar-refractivity contribution in [2.45, 2.75) is 26.7 Å². The number of rotatable bonds is 7. The SMILES string of the molecule is Cc1ccc(C)c(C(=O)CCC(=O)N(C)CC(=O)Nc2c(Cl)cccc2Cl)c1. The van der Waals surface area contributed by atoms with E-state index in [0.717, 1.165) is 11.1 Å². The first-order chi connectivity index (χ1) is 13.2. The van der Waals surface area contributed by atoms with Gasteiger partial charge in [-0.05, 0) is 37.6 Å². The molecule has 148 valence electrons. The predicted octanol–water partition coefficient (Wildman–Crippen LogP) is 4.67. The Balaban J connectivity index is 1.89. The highest BCUT2D eigenvalue weighted by Crippen LogP contribution is 2.29. The number of aryl methyl sites for hydroxylation is 2. The number of nitrogens with one attached hydrogen (secondary N) is 1. The van der Waals surface area contributed by atoms with Crippen LogP contribution in [0.3, 0.4) is 0 Å². The molecule has 5 nitrogen and oxygen atoms in total. The van der Waals surface area contributed by atoms with E-state index in [-0.39, 0.29) is 31.1 Å². The van der Waals surface area contributed by atoms with E-state index in [1.54, 1.807) is 18.2 Å². The van der Waals surface area contributed by atoms with Crippen LogP contribution in [0.1, 0.15) is 34.3 Å². The largest absolute Gasteiger partial charge is 0.336 e. The smallest absolute Gasteiger partial charge is 0.244 e. The number of carbonyl (C=O) groups excluding carboxylic acids is 3. The monoisotopic (exact) mass is 420 g/mol. The summed E-state index contributed by atoms with van der Waals surface area (Å²) in [6.45, 7) is 3.61. The summed E-state index contributed by atoms with van der Waals surface area (Å²) in [5.41, 5.74) is 2.81. The number of hydrogen-bond donors (Lipinski definition) is 1. The maximum atomic E-state index is 12.4. The molecular weight excluding hydrogens is 399 g/mol. The molecule has 2 rings (SSSR count). The average molecular weight is 421 g/mol. The van der Waals surface area contributed by atoms with Gasteiger partial charge in [0.2, 0.25) is 11.8 Å². The maximum absolute atomic E-state index is 12.4. The van der Waals surface area contributed by atoms with Crippen molar-refractivity contribution in [2.24, 2.45) is 0 Å². The van der Waals surface area contributed by atoms with Gasteiger partial charge in [-0.3, -0.25) is 14.4 Å². The standard InChI is InChI=1S/C21H22Cl2N2O3/c1-13-7-8-14(2)15(11-13)18(26)9-10-20(28)25(3)12-19(27)24-21-16(22)5-4-6-17(21)23/h4-8,11H,9-10,12H2,1-3H3,(H,24,27). The number of hydrogen-bond acceptors (Lipinski definition) is 3. The molecule has 0 saturated carbocycles. The fraction of sp³-hybridized carbons (Fsp3) is 0.286. The van der Waals surface area contributed by atoms with E-state index in [1.165, 1.54) is 11.9 Å². The number of likely N-dealkylation sites (N-methyl/N-ethyl adjacent to an activating group) is 1. The molecule has 0 aliphatic heterocycles. The lowest BCUT2D eigenvalue weighted by atomic mass is 9.99. The number of nitrogens with zero attached hydrogens (tertiary/aromatic N) is 1. The third kappa shape index (κ3) is 5.81. The Bertz CT molecular complexity index is 892. The summed E-state index contributed by atoms with van der Waals surface area (Å²) in [5.74, 6) is -0.805. The number of carbonyl (C=O) groups is 3. The minimum atomic E-state index is -0.424. The van der Waals surface area contributed by atoms with Crippen molar-refractivity contribution in [1.29, 1.82) is 0 Å². The van der Waals surface area contributed by atoms with E-state index in [1.807, 2.05) is 32.0 Å². The van der Waals surface area contributed by atoms with Crippen molar-refractivity contribution in [3.05, 3.63) is 63.1 Å². The van der Waals surface area contributed by atoms with Gasteiger partial charge in [0.05, 0.1) is 22.3 Å². The zero-order valence-electron chi connectivity index (χ0n) is 16.0. The molecule has 28 heavy (non-hydrogen) atoms. The van der Waals surface area contributed by atoms with Crippen LogP contribution >= 0.6 is 23.2 Å². The zero-order valence-corrected chi connectivity index (χ0v) is 17.5. The van der Waals surface area contributed by atoms with Gasteiger partial charge in [-0.1, -0.05) is 47.0 Å². The highest BCUT2D eigenvalue weighted by atomic mass is 35.5. The summed E-state index contributed by atoms with van der Waals surface area (Å²) in [7, 11) is 1.51. The third-order valence-electron chi connectivity index (χ3n) is 4.29. The van der Waals surface area contributed by atoms with Gasteiger partial charge in [-0.2, -0.15) is 0 Å². The maximum Gasteiger partial charge on any atom is 0.244 e. The van der Waals surface area contributed by atoms with Crippen LogP contribution in [-0.4, -0.2) is 36.1 Å². The number of amides is 2.